The fourth-order valence-electron chi connectivity index (χ4n) is 3.10. The number of nitrogens with one attached hydrogen (secondary N) is 4. The molecule has 0 saturated heterocycles. The summed E-state index contributed by atoms with van der Waals surface area (Å²) in [4.78, 5) is 48.3. The molecule has 9 heteroatoms. The number of amides is 2. The van der Waals surface area contributed by atoms with E-state index in [0.717, 1.165) is 11.1 Å². The maximum Gasteiger partial charge on any atom is 0.272 e. The summed E-state index contributed by atoms with van der Waals surface area (Å²) >= 11 is 0. The second kappa shape index (κ2) is 7.12. The molecule has 4 N–H and O–H groups in total. The van der Waals surface area contributed by atoms with Crippen LogP contribution >= 0.6 is 0 Å². The van der Waals surface area contributed by atoms with Gasteiger partial charge < -0.3 is 15.4 Å². The van der Waals surface area contributed by atoms with Gasteiger partial charge >= 0.3 is 0 Å². The monoisotopic (exact) mass is 380 g/mol. The molecule has 4 rings (SSSR count). The molecule has 0 bridgehead atoms. The lowest BCUT2D eigenvalue weighted by Crippen LogP contribution is -2.33. The zero-order valence-corrected chi connectivity index (χ0v) is 14.6. The highest BCUT2D eigenvalue weighted by molar-refractivity contribution is 6.04. The third-order valence-corrected chi connectivity index (χ3v) is 4.49. The molecule has 0 atom stereocenters. The molecule has 28 heavy (non-hydrogen) atoms. The first-order valence-corrected chi connectivity index (χ1v) is 8.54. The third kappa shape index (κ3) is 3.30. The summed E-state index contributed by atoms with van der Waals surface area (Å²) in [7, 11) is 0. The number of H-pyrrole nitrogens is 2. The van der Waals surface area contributed by atoms with Gasteiger partial charge in [-0.3, -0.25) is 29.4 Å². The third-order valence-electron chi connectivity index (χ3n) is 4.49. The van der Waals surface area contributed by atoms with Gasteiger partial charge in [-0.15, -0.1) is 0 Å². The summed E-state index contributed by atoms with van der Waals surface area (Å²) in [5, 5.41) is 9.78. The number of anilines is 1. The normalized spacial score (nSPS) is 12.6. The first kappa shape index (κ1) is 17.7. The second-order valence-corrected chi connectivity index (χ2v) is 6.34. The van der Waals surface area contributed by atoms with E-state index in [1.165, 1.54) is 12.1 Å². The lowest BCUT2D eigenvalue weighted by Gasteiger charge is -2.09. The fourth-order valence-corrected chi connectivity index (χ4v) is 3.10. The average Bonchev–Trinajstić information content (AvgIpc) is 3.17. The van der Waals surface area contributed by atoms with E-state index < -0.39 is 22.9 Å². The molecule has 2 aromatic carbocycles. The number of benzene rings is 2. The highest BCUT2D eigenvalue weighted by atomic mass is 16.5. The van der Waals surface area contributed by atoms with Crippen LogP contribution < -0.4 is 21.8 Å². The Balaban J connectivity index is 1.46. The summed E-state index contributed by atoms with van der Waals surface area (Å²) in [5.74, 6) is -0.915. The van der Waals surface area contributed by atoms with Crippen molar-refractivity contribution >= 4 is 28.3 Å². The Morgan fingerprint density at radius 3 is 2.64 bits per heavy atom. The number of carbonyl (C=O) groups is 2. The first-order chi connectivity index (χ1) is 13.5. The average molecular weight is 380 g/mol. The van der Waals surface area contributed by atoms with Crippen molar-refractivity contribution in [3.05, 3.63) is 73.8 Å². The van der Waals surface area contributed by atoms with E-state index in [9.17, 15) is 19.2 Å². The molecule has 0 aliphatic carbocycles. The number of hydrogen-bond donors (Lipinski definition) is 4. The van der Waals surface area contributed by atoms with Gasteiger partial charge in [-0.2, -0.15) is 0 Å². The molecule has 1 aromatic heterocycles. The van der Waals surface area contributed by atoms with Crippen LogP contribution in [-0.4, -0.2) is 28.6 Å². The van der Waals surface area contributed by atoms with Crippen molar-refractivity contribution < 1.29 is 14.3 Å². The molecule has 0 unspecified atom stereocenters. The van der Waals surface area contributed by atoms with Crippen molar-refractivity contribution in [3.63, 3.8) is 0 Å². The van der Waals surface area contributed by atoms with Gasteiger partial charge in [-0.05, 0) is 35.4 Å². The second-order valence-electron chi connectivity index (χ2n) is 6.34. The maximum atomic E-state index is 12.3. The van der Waals surface area contributed by atoms with Crippen molar-refractivity contribution in [2.24, 2.45) is 0 Å². The number of fused-ring (bicyclic) bond motifs is 2. The van der Waals surface area contributed by atoms with Crippen LogP contribution in [0.15, 0.2) is 46.0 Å². The Hall–Kier alpha value is -3.72. The quantitative estimate of drug-likeness (QED) is 0.526. The minimum absolute atomic E-state index is 0.0737. The van der Waals surface area contributed by atoms with Gasteiger partial charge in [0.05, 0.1) is 36.2 Å². The van der Waals surface area contributed by atoms with Crippen LogP contribution in [0.2, 0.25) is 0 Å². The molecule has 0 saturated carbocycles. The van der Waals surface area contributed by atoms with Crippen LogP contribution in [-0.2, 0) is 22.7 Å². The highest BCUT2D eigenvalue weighted by Gasteiger charge is 2.15. The highest BCUT2D eigenvalue weighted by Crippen LogP contribution is 2.21. The van der Waals surface area contributed by atoms with Gasteiger partial charge in [0.25, 0.3) is 17.0 Å². The molecule has 9 nitrogen and oxygen atoms in total. The van der Waals surface area contributed by atoms with Crippen LogP contribution in [0.5, 0.6) is 0 Å². The van der Waals surface area contributed by atoms with Gasteiger partial charge in [-0.25, -0.2) is 0 Å². The molecule has 0 fully saturated rings. The van der Waals surface area contributed by atoms with E-state index in [0.29, 0.717) is 18.8 Å². The maximum absolute atomic E-state index is 12.3. The predicted octanol–water partition coefficient (Wildman–Crippen LogP) is 0.615. The fraction of sp³-hybridized carbons (Fsp3) is 0.158. The summed E-state index contributed by atoms with van der Waals surface area (Å²) in [5.41, 5.74) is 1.63. The summed E-state index contributed by atoms with van der Waals surface area (Å²) < 4.78 is 5.32. The van der Waals surface area contributed by atoms with Crippen LogP contribution in [0.1, 0.15) is 21.5 Å². The van der Waals surface area contributed by atoms with Gasteiger partial charge in [-0.1, -0.05) is 12.1 Å². The van der Waals surface area contributed by atoms with Crippen LogP contribution in [0.3, 0.4) is 0 Å². The Morgan fingerprint density at radius 2 is 1.79 bits per heavy atom. The van der Waals surface area contributed by atoms with E-state index in [1.54, 1.807) is 18.2 Å². The van der Waals surface area contributed by atoms with E-state index in [4.69, 9.17) is 4.74 Å². The summed E-state index contributed by atoms with van der Waals surface area (Å²) in [6, 6.07) is 9.80. The van der Waals surface area contributed by atoms with Crippen LogP contribution in [0, 0.1) is 0 Å². The van der Waals surface area contributed by atoms with Crippen molar-refractivity contribution in [2.75, 3.05) is 11.9 Å². The van der Waals surface area contributed by atoms with E-state index in [-0.39, 0.29) is 23.0 Å². The van der Waals surface area contributed by atoms with E-state index in [1.807, 2.05) is 6.07 Å². The molecule has 1 aliphatic rings. The largest absolute Gasteiger partial charge is 0.372 e. The van der Waals surface area contributed by atoms with Crippen LogP contribution in [0.4, 0.5) is 5.69 Å². The number of hydrogen-bond acceptors (Lipinski definition) is 5. The van der Waals surface area contributed by atoms with Gasteiger partial charge in [0.15, 0.2) is 0 Å². The minimum atomic E-state index is -0.533. The number of aromatic nitrogens is 2. The van der Waals surface area contributed by atoms with E-state index in [2.05, 4.69) is 20.8 Å². The van der Waals surface area contributed by atoms with Crippen molar-refractivity contribution in [3.8, 4) is 0 Å². The van der Waals surface area contributed by atoms with Gasteiger partial charge in [0.1, 0.15) is 0 Å². The smallest absolute Gasteiger partial charge is 0.272 e. The van der Waals surface area contributed by atoms with Crippen LogP contribution in [0.25, 0.3) is 10.8 Å². The summed E-state index contributed by atoms with van der Waals surface area (Å²) in [6.07, 6.45) is 0. The molecule has 0 spiro atoms. The lowest BCUT2D eigenvalue weighted by atomic mass is 10.1. The lowest BCUT2D eigenvalue weighted by molar-refractivity contribution is -0.115. The topological polar surface area (TPSA) is 133 Å². The van der Waals surface area contributed by atoms with Gasteiger partial charge in [0.2, 0.25) is 5.91 Å². The summed E-state index contributed by atoms with van der Waals surface area (Å²) in [6.45, 7) is 0.711. The molecule has 3 aromatic rings. The Labute approximate surface area is 157 Å². The molecular formula is C19H16N4O5. The standard InChI is InChI=1S/C19H16N4O5/c24-15(7-20-17(25)10-4-5-11-8-28-9-12(11)6-10)21-14-3-1-2-13-16(14)19(27)23-22-18(13)26/h1-6H,7-9H2,(H,20,25)(H,21,24)(H,22,26)(H,23,27). The number of carbonyl (C=O) groups excluding carboxylic acids is 2. The first-order valence-electron chi connectivity index (χ1n) is 8.54. The number of ether oxygens (including phenoxy) is 1. The molecular weight excluding hydrogens is 364 g/mol. The Bertz CT molecular complexity index is 1210. The molecule has 0 radical (unpaired) electrons. The molecule has 2 amide bonds. The zero-order valence-electron chi connectivity index (χ0n) is 14.6. The van der Waals surface area contributed by atoms with Crippen molar-refractivity contribution in [2.45, 2.75) is 13.2 Å². The molecule has 142 valence electrons. The van der Waals surface area contributed by atoms with E-state index >= 15 is 0 Å². The Kier molecular flexibility index (Phi) is 4.50. The molecule has 2 heterocycles. The van der Waals surface area contributed by atoms with Gasteiger partial charge in [0, 0.05) is 5.56 Å². The predicted molar refractivity (Wildman–Crippen MR) is 101 cm³/mol. The number of aromatic amines is 2. The Morgan fingerprint density at radius 1 is 1.00 bits per heavy atom. The molecule has 1 aliphatic heterocycles. The zero-order chi connectivity index (χ0) is 19.7. The SMILES string of the molecule is O=C(CNC(=O)c1ccc2c(c1)COC2)Nc1cccc2c(=O)[nH][nH]c(=O)c12. The van der Waals surface area contributed by atoms with Crippen molar-refractivity contribution in [1.29, 1.82) is 0 Å². The van der Waals surface area contributed by atoms with Crippen molar-refractivity contribution in [1.82, 2.24) is 15.5 Å². The number of rotatable bonds is 4. The minimum Gasteiger partial charge on any atom is -0.372 e.